The second kappa shape index (κ2) is 5.18. The molecule has 0 aliphatic carbocycles. The van der Waals surface area contributed by atoms with E-state index < -0.39 is 18.5 Å². The Morgan fingerprint density at radius 2 is 2.19 bits per heavy atom. The first-order valence-electron chi connectivity index (χ1n) is 4.99. The lowest BCUT2D eigenvalue weighted by Gasteiger charge is -2.10. The fourth-order valence-corrected chi connectivity index (χ4v) is 1.44. The fraction of sp³-hybridized carbons (Fsp3) is 0.778. The summed E-state index contributed by atoms with van der Waals surface area (Å²) < 4.78 is 35.3. The highest BCUT2D eigenvalue weighted by molar-refractivity contribution is 5.89. The van der Waals surface area contributed by atoms with Crippen molar-refractivity contribution in [3.63, 3.8) is 0 Å². The van der Waals surface area contributed by atoms with Crippen molar-refractivity contribution in [1.29, 1.82) is 0 Å². The third kappa shape index (κ3) is 4.50. The highest BCUT2D eigenvalue weighted by atomic mass is 19.4. The van der Waals surface area contributed by atoms with Crippen molar-refractivity contribution in [1.82, 2.24) is 10.6 Å². The van der Waals surface area contributed by atoms with Gasteiger partial charge in [-0.15, -0.1) is 0 Å². The molecule has 2 N–H and O–H groups in total. The number of carbonyl (C=O) groups is 2. The van der Waals surface area contributed by atoms with E-state index >= 15 is 0 Å². The molecule has 0 spiro atoms. The third-order valence-corrected chi connectivity index (χ3v) is 2.28. The van der Waals surface area contributed by atoms with Gasteiger partial charge in [0.1, 0.15) is 0 Å². The Balaban J connectivity index is 2.14. The molecule has 1 saturated heterocycles. The Morgan fingerprint density at radius 1 is 1.50 bits per heavy atom. The van der Waals surface area contributed by atoms with Crippen LogP contribution >= 0.6 is 0 Å². The Kier molecular flexibility index (Phi) is 4.14. The van der Waals surface area contributed by atoms with Crippen molar-refractivity contribution >= 4 is 11.8 Å². The summed E-state index contributed by atoms with van der Waals surface area (Å²) in [6.07, 6.45) is -5.11. The lowest BCUT2D eigenvalue weighted by molar-refractivity contribution is -0.136. The van der Waals surface area contributed by atoms with Gasteiger partial charge in [0.05, 0.1) is 5.92 Å². The molecule has 0 saturated carbocycles. The van der Waals surface area contributed by atoms with Gasteiger partial charge >= 0.3 is 6.18 Å². The first-order valence-corrected chi connectivity index (χ1v) is 4.99. The molecular weight excluding hydrogens is 225 g/mol. The molecule has 1 rings (SSSR count). The summed E-state index contributed by atoms with van der Waals surface area (Å²) in [5.41, 5.74) is 0. The zero-order chi connectivity index (χ0) is 12.2. The number of hydrogen-bond donors (Lipinski definition) is 2. The van der Waals surface area contributed by atoms with Gasteiger partial charge in [0.25, 0.3) is 0 Å². The predicted octanol–water partition coefficient (Wildman–Crippen LogP) is 0.581. The Bertz CT molecular complexity index is 278. The predicted molar refractivity (Wildman–Crippen MR) is 49.4 cm³/mol. The molecule has 4 nitrogen and oxygen atoms in total. The van der Waals surface area contributed by atoms with Gasteiger partial charge < -0.3 is 10.6 Å². The number of hydrogen-bond acceptors (Lipinski definition) is 2. The van der Waals surface area contributed by atoms with E-state index in [9.17, 15) is 22.8 Å². The molecule has 0 aromatic carbocycles. The molecule has 1 aliphatic rings. The van der Waals surface area contributed by atoms with E-state index in [1.807, 2.05) is 0 Å². The van der Waals surface area contributed by atoms with E-state index in [2.05, 4.69) is 10.6 Å². The maximum atomic E-state index is 11.8. The normalized spacial score (nSPS) is 20.7. The van der Waals surface area contributed by atoms with Crippen LogP contribution in [0.1, 0.15) is 19.3 Å². The van der Waals surface area contributed by atoms with Gasteiger partial charge in [-0.25, -0.2) is 0 Å². The van der Waals surface area contributed by atoms with Crippen LogP contribution in [0.25, 0.3) is 0 Å². The molecule has 1 unspecified atom stereocenters. The van der Waals surface area contributed by atoms with Crippen LogP contribution in [-0.2, 0) is 9.59 Å². The van der Waals surface area contributed by atoms with Crippen molar-refractivity contribution in [2.24, 2.45) is 5.92 Å². The zero-order valence-corrected chi connectivity index (χ0v) is 8.56. The molecule has 2 amide bonds. The first-order chi connectivity index (χ1) is 7.38. The van der Waals surface area contributed by atoms with Crippen LogP contribution in [0, 0.1) is 5.92 Å². The molecule has 16 heavy (non-hydrogen) atoms. The van der Waals surface area contributed by atoms with Crippen molar-refractivity contribution < 1.29 is 22.8 Å². The zero-order valence-electron chi connectivity index (χ0n) is 8.56. The van der Waals surface area contributed by atoms with Crippen molar-refractivity contribution in [2.45, 2.75) is 25.4 Å². The summed E-state index contributed by atoms with van der Waals surface area (Å²) in [6, 6.07) is 0. The summed E-state index contributed by atoms with van der Waals surface area (Å²) in [5.74, 6) is -1.01. The van der Waals surface area contributed by atoms with Gasteiger partial charge in [0.2, 0.25) is 11.8 Å². The van der Waals surface area contributed by atoms with Crippen molar-refractivity contribution in [3.05, 3.63) is 0 Å². The SMILES string of the molecule is O=C1CC(C(=O)NCCCC(F)(F)F)CN1. The van der Waals surface area contributed by atoms with Crippen LogP contribution < -0.4 is 10.6 Å². The Morgan fingerprint density at radius 3 is 2.69 bits per heavy atom. The van der Waals surface area contributed by atoms with Crippen LogP contribution in [0.15, 0.2) is 0 Å². The van der Waals surface area contributed by atoms with E-state index in [4.69, 9.17) is 0 Å². The lowest BCUT2D eigenvalue weighted by atomic mass is 10.1. The van der Waals surface area contributed by atoms with Gasteiger partial charge in [-0.1, -0.05) is 0 Å². The van der Waals surface area contributed by atoms with Crippen molar-refractivity contribution in [3.8, 4) is 0 Å². The van der Waals surface area contributed by atoms with Gasteiger partial charge in [0.15, 0.2) is 0 Å². The average molecular weight is 238 g/mol. The molecule has 1 fully saturated rings. The summed E-state index contributed by atoms with van der Waals surface area (Å²) in [4.78, 5) is 22.1. The number of rotatable bonds is 4. The minimum absolute atomic E-state index is 0.0109. The minimum atomic E-state index is -4.18. The molecule has 92 valence electrons. The summed E-state index contributed by atoms with van der Waals surface area (Å²) in [7, 11) is 0. The second-order valence-electron chi connectivity index (χ2n) is 3.71. The molecule has 0 aromatic rings. The van der Waals surface area contributed by atoms with Gasteiger partial charge in [0, 0.05) is 25.9 Å². The van der Waals surface area contributed by atoms with Crippen LogP contribution in [0.2, 0.25) is 0 Å². The smallest absolute Gasteiger partial charge is 0.356 e. The van der Waals surface area contributed by atoms with Crippen LogP contribution in [0.5, 0.6) is 0 Å². The van der Waals surface area contributed by atoms with Gasteiger partial charge in [-0.05, 0) is 6.42 Å². The molecule has 0 aromatic heterocycles. The van der Waals surface area contributed by atoms with E-state index in [0.717, 1.165) is 0 Å². The quantitative estimate of drug-likeness (QED) is 0.704. The molecule has 1 aliphatic heterocycles. The number of nitrogens with one attached hydrogen (secondary N) is 2. The standard InChI is InChI=1S/C9H13F3N2O2/c10-9(11,12)2-1-3-13-8(16)6-4-7(15)14-5-6/h6H,1-5H2,(H,13,16)(H,14,15). The van der Waals surface area contributed by atoms with E-state index in [0.29, 0.717) is 0 Å². The van der Waals surface area contributed by atoms with E-state index in [1.54, 1.807) is 0 Å². The topological polar surface area (TPSA) is 58.2 Å². The second-order valence-corrected chi connectivity index (χ2v) is 3.71. The van der Waals surface area contributed by atoms with Gasteiger partial charge in [-0.3, -0.25) is 9.59 Å². The summed E-state index contributed by atoms with van der Waals surface area (Å²) in [6.45, 7) is 0.257. The molecule has 0 bridgehead atoms. The molecule has 1 atom stereocenters. The Hall–Kier alpha value is -1.27. The highest BCUT2D eigenvalue weighted by Crippen LogP contribution is 2.20. The summed E-state index contributed by atoms with van der Waals surface area (Å²) >= 11 is 0. The number of carbonyl (C=O) groups excluding carboxylic acids is 2. The minimum Gasteiger partial charge on any atom is -0.356 e. The monoisotopic (exact) mass is 238 g/mol. The van der Waals surface area contributed by atoms with E-state index in [-0.39, 0.29) is 37.7 Å². The fourth-order valence-electron chi connectivity index (χ4n) is 1.44. The maximum absolute atomic E-state index is 11.8. The van der Waals surface area contributed by atoms with Gasteiger partial charge in [-0.2, -0.15) is 13.2 Å². The molecular formula is C9H13F3N2O2. The number of alkyl halides is 3. The molecule has 1 heterocycles. The molecule has 7 heteroatoms. The maximum Gasteiger partial charge on any atom is 0.389 e. The van der Waals surface area contributed by atoms with Crippen LogP contribution in [-0.4, -0.2) is 31.1 Å². The largest absolute Gasteiger partial charge is 0.389 e. The number of halogens is 3. The molecule has 0 radical (unpaired) electrons. The van der Waals surface area contributed by atoms with E-state index in [1.165, 1.54) is 0 Å². The van der Waals surface area contributed by atoms with Crippen LogP contribution in [0.3, 0.4) is 0 Å². The average Bonchev–Trinajstić information content (AvgIpc) is 2.57. The Labute approximate surface area is 90.6 Å². The third-order valence-electron chi connectivity index (χ3n) is 2.28. The first kappa shape index (κ1) is 12.8. The van der Waals surface area contributed by atoms with Crippen molar-refractivity contribution in [2.75, 3.05) is 13.1 Å². The van der Waals surface area contributed by atoms with Crippen LogP contribution in [0.4, 0.5) is 13.2 Å². The highest BCUT2D eigenvalue weighted by Gasteiger charge is 2.28. The lowest BCUT2D eigenvalue weighted by Crippen LogP contribution is -2.33. The summed E-state index contributed by atoms with van der Waals surface area (Å²) in [5, 5.41) is 4.87. The number of amides is 2.